The average molecular weight is 362 g/mol. The van der Waals surface area contributed by atoms with Crippen molar-refractivity contribution in [2.24, 2.45) is 5.92 Å². The molecular formula is C21H30O5. The van der Waals surface area contributed by atoms with Crippen LogP contribution in [0.15, 0.2) is 42.5 Å². The summed E-state index contributed by atoms with van der Waals surface area (Å²) in [5.41, 5.74) is 1.14. The SMILES string of the molecule is C/C=C/C(CC(=O)OC)[C@@H]1OC(C)(C)O[C@H]1CCOCc1ccccc1. The first-order valence-corrected chi connectivity index (χ1v) is 9.12. The summed E-state index contributed by atoms with van der Waals surface area (Å²) in [6.07, 6.45) is 4.56. The first-order chi connectivity index (χ1) is 12.4. The zero-order valence-electron chi connectivity index (χ0n) is 16.1. The number of hydrogen-bond acceptors (Lipinski definition) is 5. The summed E-state index contributed by atoms with van der Waals surface area (Å²) in [5, 5.41) is 0. The number of esters is 1. The Kier molecular flexibility index (Phi) is 7.82. The van der Waals surface area contributed by atoms with Gasteiger partial charge in [-0.05, 0) is 32.8 Å². The summed E-state index contributed by atoms with van der Waals surface area (Å²) in [6.45, 7) is 6.87. The molecule has 26 heavy (non-hydrogen) atoms. The summed E-state index contributed by atoms with van der Waals surface area (Å²) in [5.74, 6) is -1.01. The molecular weight excluding hydrogens is 332 g/mol. The van der Waals surface area contributed by atoms with Gasteiger partial charge in [0.1, 0.15) is 0 Å². The van der Waals surface area contributed by atoms with E-state index in [1.165, 1.54) is 7.11 Å². The van der Waals surface area contributed by atoms with E-state index in [-0.39, 0.29) is 30.5 Å². The van der Waals surface area contributed by atoms with Gasteiger partial charge in [-0.3, -0.25) is 4.79 Å². The molecule has 0 aliphatic carbocycles. The molecule has 0 aromatic heterocycles. The number of benzene rings is 1. The Morgan fingerprint density at radius 2 is 2.00 bits per heavy atom. The highest BCUT2D eigenvalue weighted by Crippen LogP contribution is 2.35. The molecule has 1 unspecified atom stereocenters. The van der Waals surface area contributed by atoms with Crippen LogP contribution in [0.2, 0.25) is 0 Å². The molecule has 0 spiro atoms. The number of carbonyl (C=O) groups is 1. The second-order valence-electron chi connectivity index (χ2n) is 6.94. The van der Waals surface area contributed by atoms with Crippen molar-refractivity contribution in [2.45, 2.75) is 58.2 Å². The smallest absolute Gasteiger partial charge is 0.306 e. The van der Waals surface area contributed by atoms with Crippen LogP contribution in [0, 0.1) is 5.92 Å². The summed E-state index contributed by atoms with van der Waals surface area (Å²) in [6, 6.07) is 10.1. The Balaban J connectivity index is 1.93. The van der Waals surface area contributed by atoms with Crippen molar-refractivity contribution in [2.75, 3.05) is 13.7 Å². The lowest BCUT2D eigenvalue weighted by molar-refractivity contribution is -0.154. The maximum Gasteiger partial charge on any atom is 0.306 e. The number of rotatable bonds is 9. The summed E-state index contributed by atoms with van der Waals surface area (Å²) in [7, 11) is 1.40. The van der Waals surface area contributed by atoms with Gasteiger partial charge in [0.25, 0.3) is 0 Å². The molecule has 144 valence electrons. The van der Waals surface area contributed by atoms with Crippen molar-refractivity contribution in [1.82, 2.24) is 0 Å². The highest BCUT2D eigenvalue weighted by molar-refractivity contribution is 5.69. The molecule has 1 aromatic carbocycles. The van der Waals surface area contributed by atoms with Crippen molar-refractivity contribution < 1.29 is 23.7 Å². The maximum atomic E-state index is 11.8. The molecule has 5 nitrogen and oxygen atoms in total. The third kappa shape index (κ3) is 6.24. The lowest BCUT2D eigenvalue weighted by Gasteiger charge is -2.23. The van der Waals surface area contributed by atoms with Gasteiger partial charge < -0.3 is 18.9 Å². The van der Waals surface area contributed by atoms with Gasteiger partial charge >= 0.3 is 5.97 Å². The fourth-order valence-corrected chi connectivity index (χ4v) is 3.23. The van der Waals surface area contributed by atoms with Gasteiger partial charge in [0.15, 0.2) is 5.79 Å². The second kappa shape index (κ2) is 9.86. The topological polar surface area (TPSA) is 54.0 Å². The van der Waals surface area contributed by atoms with E-state index in [1.54, 1.807) is 0 Å². The number of allylic oxidation sites excluding steroid dienone is 1. The molecule has 1 aliphatic heterocycles. The molecule has 1 heterocycles. The Hall–Kier alpha value is -1.69. The molecule has 1 aliphatic rings. The van der Waals surface area contributed by atoms with Gasteiger partial charge in [-0.15, -0.1) is 0 Å². The zero-order valence-corrected chi connectivity index (χ0v) is 16.1. The molecule has 3 atom stereocenters. The molecule has 2 rings (SSSR count). The highest BCUT2D eigenvalue weighted by atomic mass is 16.8. The summed E-state index contributed by atoms with van der Waals surface area (Å²) >= 11 is 0. The van der Waals surface area contributed by atoms with E-state index in [4.69, 9.17) is 18.9 Å². The van der Waals surface area contributed by atoms with E-state index in [0.29, 0.717) is 19.6 Å². The van der Waals surface area contributed by atoms with Crippen LogP contribution >= 0.6 is 0 Å². The van der Waals surface area contributed by atoms with Gasteiger partial charge in [-0.1, -0.05) is 42.5 Å². The predicted molar refractivity (Wildman–Crippen MR) is 99.5 cm³/mol. The Morgan fingerprint density at radius 3 is 2.65 bits per heavy atom. The average Bonchev–Trinajstić information content (AvgIpc) is 2.93. The van der Waals surface area contributed by atoms with Crippen LogP contribution in [0.4, 0.5) is 0 Å². The van der Waals surface area contributed by atoms with Crippen LogP contribution in [0.5, 0.6) is 0 Å². The minimum absolute atomic E-state index is 0.0895. The maximum absolute atomic E-state index is 11.8. The number of ether oxygens (including phenoxy) is 4. The highest BCUT2D eigenvalue weighted by Gasteiger charge is 2.44. The zero-order chi connectivity index (χ0) is 19.0. The van der Waals surface area contributed by atoms with Crippen molar-refractivity contribution in [3.63, 3.8) is 0 Å². The van der Waals surface area contributed by atoms with Crippen LogP contribution in [-0.2, 0) is 30.3 Å². The largest absolute Gasteiger partial charge is 0.469 e. The van der Waals surface area contributed by atoms with Gasteiger partial charge in [-0.25, -0.2) is 0 Å². The van der Waals surface area contributed by atoms with Crippen molar-refractivity contribution in [3.8, 4) is 0 Å². The Morgan fingerprint density at radius 1 is 1.27 bits per heavy atom. The molecule has 1 saturated heterocycles. The van der Waals surface area contributed by atoms with E-state index in [9.17, 15) is 4.79 Å². The Bertz CT molecular complexity index is 581. The van der Waals surface area contributed by atoms with Gasteiger partial charge in [0, 0.05) is 12.5 Å². The lowest BCUT2D eigenvalue weighted by atomic mass is 9.92. The van der Waals surface area contributed by atoms with Crippen LogP contribution in [0.1, 0.15) is 39.2 Å². The summed E-state index contributed by atoms with van der Waals surface area (Å²) < 4.78 is 22.8. The van der Waals surface area contributed by atoms with Crippen molar-refractivity contribution >= 4 is 5.97 Å². The molecule has 0 radical (unpaired) electrons. The van der Waals surface area contributed by atoms with E-state index >= 15 is 0 Å². The fraction of sp³-hybridized carbons (Fsp3) is 0.571. The second-order valence-corrected chi connectivity index (χ2v) is 6.94. The molecule has 0 saturated carbocycles. The predicted octanol–water partition coefficient (Wildman–Crippen LogP) is 3.87. The monoisotopic (exact) mass is 362 g/mol. The van der Waals surface area contributed by atoms with E-state index in [2.05, 4.69) is 0 Å². The standard InChI is InChI=1S/C21H30O5/c1-5-9-17(14-19(22)23-4)20-18(25-21(2,3)26-20)12-13-24-15-16-10-7-6-8-11-16/h5-11,17-18,20H,12-15H2,1-4H3/b9-5+/t17?,18-,20-/m0/s1. The Labute approximate surface area is 156 Å². The fourth-order valence-electron chi connectivity index (χ4n) is 3.23. The first-order valence-electron chi connectivity index (χ1n) is 9.12. The molecule has 0 amide bonds. The van der Waals surface area contributed by atoms with E-state index in [1.807, 2.05) is 63.3 Å². The summed E-state index contributed by atoms with van der Waals surface area (Å²) in [4.78, 5) is 11.8. The van der Waals surface area contributed by atoms with E-state index in [0.717, 1.165) is 5.56 Å². The number of carbonyl (C=O) groups excluding carboxylic acids is 1. The van der Waals surface area contributed by atoms with Gasteiger partial charge in [-0.2, -0.15) is 0 Å². The van der Waals surface area contributed by atoms with Gasteiger partial charge in [0.05, 0.1) is 32.3 Å². The molecule has 0 bridgehead atoms. The van der Waals surface area contributed by atoms with Crippen LogP contribution in [0.3, 0.4) is 0 Å². The lowest BCUT2D eigenvalue weighted by Crippen LogP contribution is -2.32. The van der Waals surface area contributed by atoms with E-state index < -0.39 is 5.79 Å². The first kappa shape index (κ1) is 20.6. The minimum atomic E-state index is -0.676. The minimum Gasteiger partial charge on any atom is -0.469 e. The van der Waals surface area contributed by atoms with Crippen molar-refractivity contribution in [3.05, 3.63) is 48.0 Å². The molecule has 0 N–H and O–H groups in total. The quantitative estimate of drug-likeness (QED) is 0.379. The van der Waals surface area contributed by atoms with Crippen molar-refractivity contribution in [1.29, 1.82) is 0 Å². The number of hydrogen-bond donors (Lipinski definition) is 0. The van der Waals surface area contributed by atoms with Gasteiger partial charge in [0.2, 0.25) is 0 Å². The molecule has 1 aromatic rings. The number of methoxy groups -OCH3 is 1. The molecule has 5 heteroatoms. The van der Waals surface area contributed by atoms with Crippen LogP contribution in [0.25, 0.3) is 0 Å². The van der Waals surface area contributed by atoms with Crippen LogP contribution < -0.4 is 0 Å². The molecule has 1 fully saturated rings. The third-order valence-corrected chi connectivity index (χ3v) is 4.37. The third-order valence-electron chi connectivity index (χ3n) is 4.37. The van der Waals surface area contributed by atoms with Crippen LogP contribution in [-0.4, -0.2) is 37.7 Å². The normalized spacial score (nSPS) is 23.2.